The Kier molecular flexibility index (Phi) is 3.57. The van der Waals surface area contributed by atoms with Crippen LogP contribution in [0.25, 0.3) is 0 Å². The average molecular weight is 238 g/mol. The van der Waals surface area contributed by atoms with E-state index in [-0.39, 0.29) is 11.1 Å². The second-order valence-electron chi connectivity index (χ2n) is 7.55. The molecule has 2 fully saturated rings. The molecule has 2 nitrogen and oxygen atoms in total. The van der Waals surface area contributed by atoms with E-state index >= 15 is 0 Å². The van der Waals surface area contributed by atoms with E-state index in [0.717, 1.165) is 18.8 Å². The number of likely N-dealkylation sites (tertiary alicyclic amines) is 1. The van der Waals surface area contributed by atoms with Gasteiger partial charge in [0.05, 0.1) is 0 Å². The third-order valence-corrected chi connectivity index (χ3v) is 4.90. The number of hydrogen-bond donors (Lipinski definition) is 1. The van der Waals surface area contributed by atoms with E-state index in [1.54, 1.807) is 0 Å². The molecule has 2 heteroatoms. The van der Waals surface area contributed by atoms with Gasteiger partial charge in [0.15, 0.2) is 0 Å². The van der Waals surface area contributed by atoms with Gasteiger partial charge in [0.2, 0.25) is 0 Å². The molecule has 2 aliphatic rings. The maximum Gasteiger partial charge on any atom is 0.0173 e. The van der Waals surface area contributed by atoms with Gasteiger partial charge < -0.3 is 5.73 Å². The molecule has 0 aromatic heterocycles. The predicted molar refractivity (Wildman–Crippen MR) is 74.0 cm³/mol. The molecule has 1 saturated heterocycles. The molecular formula is C15H30N2. The zero-order valence-corrected chi connectivity index (χ0v) is 12.1. The standard InChI is InChI=1S/C15H30N2/c1-14(2)9-13(16)10-15(3,4)17(14)11-12-7-5-6-8-12/h12-13H,5-11,16H2,1-4H3. The highest BCUT2D eigenvalue weighted by molar-refractivity contribution is 5.02. The Bertz CT molecular complexity index is 246. The molecule has 0 spiro atoms. The van der Waals surface area contributed by atoms with Crippen LogP contribution in [0, 0.1) is 5.92 Å². The summed E-state index contributed by atoms with van der Waals surface area (Å²) in [6, 6.07) is 0.375. The van der Waals surface area contributed by atoms with Crippen LogP contribution in [0.15, 0.2) is 0 Å². The van der Waals surface area contributed by atoms with Crippen LogP contribution in [0.2, 0.25) is 0 Å². The van der Waals surface area contributed by atoms with Crippen LogP contribution in [0.4, 0.5) is 0 Å². The van der Waals surface area contributed by atoms with Gasteiger partial charge in [-0.15, -0.1) is 0 Å². The normalized spacial score (nSPS) is 30.9. The summed E-state index contributed by atoms with van der Waals surface area (Å²) >= 11 is 0. The largest absolute Gasteiger partial charge is 0.328 e. The number of hydrogen-bond acceptors (Lipinski definition) is 2. The fourth-order valence-electron chi connectivity index (χ4n) is 4.34. The molecule has 1 aliphatic carbocycles. The molecule has 0 bridgehead atoms. The van der Waals surface area contributed by atoms with Gasteiger partial charge in [0.25, 0.3) is 0 Å². The second-order valence-corrected chi connectivity index (χ2v) is 7.55. The third kappa shape index (κ3) is 2.85. The van der Waals surface area contributed by atoms with Crippen LogP contribution < -0.4 is 5.73 Å². The topological polar surface area (TPSA) is 29.3 Å². The molecule has 2 rings (SSSR count). The molecule has 0 amide bonds. The summed E-state index contributed by atoms with van der Waals surface area (Å²) < 4.78 is 0. The highest BCUT2D eigenvalue weighted by atomic mass is 15.3. The number of rotatable bonds is 2. The van der Waals surface area contributed by atoms with E-state index in [2.05, 4.69) is 32.6 Å². The molecule has 2 N–H and O–H groups in total. The van der Waals surface area contributed by atoms with E-state index in [1.165, 1.54) is 32.2 Å². The quantitative estimate of drug-likeness (QED) is 0.800. The maximum absolute atomic E-state index is 6.23. The highest BCUT2D eigenvalue weighted by Gasteiger charge is 2.44. The summed E-state index contributed by atoms with van der Waals surface area (Å²) in [6.07, 6.45) is 8.05. The Morgan fingerprint density at radius 3 is 1.94 bits per heavy atom. The molecule has 0 atom stereocenters. The molecule has 100 valence electrons. The molecule has 17 heavy (non-hydrogen) atoms. The summed E-state index contributed by atoms with van der Waals surface area (Å²) in [4.78, 5) is 2.75. The summed E-state index contributed by atoms with van der Waals surface area (Å²) in [7, 11) is 0. The molecule has 1 aliphatic heterocycles. The van der Waals surface area contributed by atoms with Gasteiger partial charge in [-0.05, 0) is 59.3 Å². The van der Waals surface area contributed by atoms with Crippen molar-refractivity contribution in [2.75, 3.05) is 6.54 Å². The summed E-state index contributed by atoms with van der Waals surface area (Å²) in [5.74, 6) is 0.933. The van der Waals surface area contributed by atoms with Crippen molar-refractivity contribution in [3.05, 3.63) is 0 Å². The van der Waals surface area contributed by atoms with Crippen LogP contribution >= 0.6 is 0 Å². The van der Waals surface area contributed by atoms with Crippen molar-refractivity contribution in [1.29, 1.82) is 0 Å². The van der Waals surface area contributed by atoms with Crippen LogP contribution in [-0.2, 0) is 0 Å². The smallest absolute Gasteiger partial charge is 0.0173 e. The zero-order valence-electron chi connectivity index (χ0n) is 12.1. The molecule has 0 unspecified atom stereocenters. The van der Waals surface area contributed by atoms with E-state index in [9.17, 15) is 0 Å². The maximum atomic E-state index is 6.23. The number of nitrogens with zero attached hydrogens (tertiary/aromatic N) is 1. The Morgan fingerprint density at radius 2 is 1.47 bits per heavy atom. The van der Waals surface area contributed by atoms with Crippen molar-refractivity contribution in [3.8, 4) is 0 Å². The fraction of sp³-hybridized carbons (Fsp3) is 1.00. The van der Waals surface area contributed by atoms with Gasteiger partial charge >= 0.3 is 0 Å². The molecule has 1 saturated carbocycles. The minimum absolute atomic E-state index is 0.268. The Morgan fingerprint density at radius 1 is 1.00 bits per heavy atom. The molecule has 0 radical (unpaired) electrons. The predicted octanol–water partition coefficient (Wildman–Crippen LogP) is 3.16. The minimum atomic E-state index is 0.268. The molecule has 0 aromatic rings. The molecule has 0 aromatic carbocycles. The number of nitrogens with two attached hydrogens (primary N) is 1. The van der Waals surface area contributed by atoms with Crippen LogP contribution in [-0.4, -0.2) is 28.6 Å². The van der Waals surface area contributed by atoms with E-state index in [1.807, 2.05) is 0 Å². The van der Waals surface area contributed by atoms with Crippen molar-refractivity contribution in [2.45, 2.75) is 83.3 Å². The van der Waals surface area contributed by atoms with Crippen molar-refractivity contribution in [2.24, 2.45) is 11.7 Å². The van der Waals surface area contributed by atoms with Gasteiger partial charge in [-0.2, -0.15) is 0 Å². The number of piperidine rings is 1. The van der Waals surface area contributed by atoms with Crippen molar-refractivity contribution in [1.82, 2.24) is 4.90 Å². The third-order valence-electron chi connectivity index (χ3n) is 4.90. The Hall–Kier alpha value is -0.0800. The lowest BCUT2D eigenvalue weighted by Gasteiger charge is -2.55. The lowest BCUT2D eigenvalue weighted by Crippen LogP contribution is -2.64. The van der Waals surface area contributed by atoms with Crippen molar-refractivity contribution in [3.63, 3.8) is 0 Å². The molecule has 1 heterocycles. The van der Waals surface area contributed by atoms with Gasteiger partial charge in [0, 0.05) is 23.7 Å². The summed E-state index contributed by atoms with van der Waals surface area (Å²) in [5, 5.41) is 0. The zero-order chi connectivity index (χ0) is 12.7. The lowest BCUT2D eigenvalue weighted by molar-refractivity contribution is -0.0446. The second kappa shape index (κ2) is 4.55. The Balaban J connectivity index is 2.10. The average Bonchev–Trinajstić information content (AvgIpc) is 2.61. The van der Waals surface area contributed by atoms with Gasteiger partial charge in [-0.25, -0.2) is 0 Å². The van der Waals surface area contributed by atoms with Crippen LogP contribution in [0.1, 0.15) is 66.2 Å². The van der Waals surface area contributed by atoms with E-state index in [0.29, 0.717) is 6.04 Å². The first-order valence-corrected chi connectivity index (χ1v) is 7.35. The monoisotopic (exact) mass is 238 g/mol. The van der Waals surface area contributed by atoms with Crippen molar-refractivity contribution >= 4 is 0 Å². The minimum Gasteiger partial charge on any atom is -0.328 e. The first-order chi connectivity index (χ1) is 7.81. The van der Waals surface area contributed by atoms with Gasteiger partial charge in [-0.1, -0.05) is 12.8 Å². The fourth-order valence-corrected chi connectivity index (χ4v) is 4.34. The first-order valence-electron chi connectivity index (χ1n) is 7.35. The summed E-state index contributed by atoms with van der Waals surface area (Å²) in [6.45, 7) is 10.8. The first kappa shape index (κ1) is 13.4. The lowest BCUT2D eigenvalue weighted by atomic mass is 9.76. The molecular weight excluding hydrogens is 208 g/mol. The van der Waals surface area contributed by atoms with Crippen molar-refractivity contribution < 1.29 is 0 Å². The van der Waals surface area contributed by atoms with E-state index < -0.39 is 0 Å². The van der Waals surface area contributed by atoms with Crippen LogP contribution in [0.5, 0.6) is 0 Å². The Labute approximate surface area is 107 Å². The van der Waals surface area contributed by atoms with Gasteiger partial charge in [-0.3, -0.25) is 4.90 Å². The van der Waals surface area contributed by atoms with E-state index in [4.69, 9.17) is 5.73 Å². The van der Waals surface area contributed by atoms with Crippen LogP contribution in [0.3, 0.4) is 0 Å². The SMILES string of the molecule is CC1(C)CC(N)CC(C)(C)N1CC1CCCC1. The van der Waals surface area contributed by atoms with Gasteiger partial charge in [0.1, 0.15) is 0 Å². The highest BCUT2D eigenvalue weighted by Crippen LogP contribution is 2.40. The summed E-state index contributed by atoms with van der Waals surface area (Å²) in [5.41, 5.74) is 6.76.